The first-order valence-electron chi connectivity index (χ1n) is 4.50. The smallest absolute Gasteiger partial charge is 0.222 e. The molecular formula is C10H8N4O. The van der Waals surface area contributed by atoms with Gasteiger partial charge in [0.2, 0.25) is 5.88 Å². The van der Waals surface area contributed by atoms with E-state index < -0.39 is 0 Å². The molecule has 15 heavy (non-hydrogen) atoms. The number of nitrogen functional groups attached to an aromatic ring is 1. The number of nitrogens with zero attached hydrogens (tertiary/aromatic N) is 2. The highest BCUT2D eigenvalue weighted by molar-refractivity contribution is 5.91. The van der Waals surface area contributed by atoms with E-state index in [0.29, 0.717) is 5.69 Å². The molecule has 0 bridgehead atoms. The van der Waals surface area contributed by atoms with Crippen LogP contribution in [0.5, 0.6) is 0 Å². The van der Waals surface area contributed by atoms with Crippen molar-refractivity contribution in [2.45, 2.75) is 0 Å². The molecule has 2 heterocycles. The second-order valence-corrected chi connectivity index (χ2v) is 3.23. The van der Waals surface area contributed by atoms with E-state index in [1.54, 1.807) is 6.07 Å². The highest BCUT2D eigenvalue weighted by atomic mass is 16.5. The lowest BCUT2D eigenvalue weighted by Gasteiger charge is -1.88. The number of anilines is 1. The van der Waals surface area contributed by atoms with Gasteiger partial charge in [-0.1, -0.05) is 23.4 Å². The number of aromatic nitrogens is 3. The summed E-state index contributed by atoms with van der Waals surface area (Å²) < 4.78 is 4.81. The van der Waals surface area contributed by atoms with Crippen molar-refractivity contribution in [2.24, 2.45) is 0 Å². The standard InChI is InChI=1S/C10H8N4O/c11-9-5-8(14-15-9)10-6-3-1-2-4-7(6)12-13-10/h1-5H,11H2,(H,12,13). The van der Waals surface area contributed by atoms with Gasteiger partial charge < -0.3 is 10.3 Å². The number of para-hydroxylation sites is 1. The highest BCUT2D eigenvalue weighted by Crippen LogP contribution is 2.25. The van der Waals surface area contributed by atoms with Crippen molar-refractivity contribution in [3.63, 3.8) is 0 Å². The lowest BCUT2D eigenvalue weighted by atomic mass is 10.2. The number of benzene rings is 1. The molecule has 0 saturated carbocycles. The van der Waals surface area contributed by atoms with E-state index in [4.69, 9.17) is 10.3 Å². The minimum Gasteiger partial charge on any atom is -0.368 e. The molecule has 3 N–H and O–H groups in total. The fourth-order valence-electron chi connectivity index (χ4n) is 1.56. The summed E-state index contributed by atoms with van der Waals surface area (Å²) in [7, 11) is 0. The first-order chi connectivity index (χ1) is 7.34. The van der Waals surface area contributed by atoms with Gasteiger partial charge in [-0.15, -0.1) is 0 Å². The van der Waals surface area contributed by atoms with Gasteiger partial charge in [-0.2, -0.15) is 5.10 Å². The summed E-state index contributed by atoms with van der Waals surface area (Å²) in [5.41, 5.74) is 7.83. The van der Waals surface area contributed by atoms with Gasteiger partial charge in [0.15, 0.2) is 0 Å². The number of rotatable bonds is 1. The SMILES string of the molecule is Nc1cc(-c2n[nH]c3ccccc23)no1. The number of hydrogen-bond acceptors (Lipinski definition) is 4. The molecule has 0 spiro atoms. The molecule has 0 aliphatic rings. The molecule has 0 amide bonds. The first-order valence-corrected chi connectivity index (χ1v) is 4.50. The zero-order valence-electron chi connectivity index (χ0n) is 7.77. The molecule has 0 unspecified atom stereocenters. The van der Waals surface area contributed by atoms with Crippen molar-refractivity contribution in [3.8, 4) is 11.4 Å². The first kappa shape index (κ1) is 8.05. The van der Waals surface area contributed by atoms with Crippen LogP contribution in [0.25, 0.3) is 22.3 Å². The molecule has 3 aromatic rings. The normalized spacial score (nSPS) is 10.9. The monoisotopic (exact) mass is 200 g/mol. The third kappa shape index (κ3) is 1.17. The average Bonchev–Trinajstić information content (AvgIpc) is 2.83. The summed E-state index contributed by atoms with van der Waals surface area (Å²) >= 11 is 0. The van der Waals surface area contributed by atoms with E-state index in [0.717, 1.165) is 16.6 Å². The topological polar surface area (TPSA) is 80.7 Å². The Balaban J connectivity index is 2.27. The molecule has 0 radical (unpaired) electrons. The zero-order chi connectivity index (χ0) is 10.3. The predicted octanol–water partition coefficient (Wildman–Crippen LogP) is 1.80. The van der Waals surface area contributed by atoms with E-state index in [2.05, 4.69) is 15.4 Å². The van der Waals surface area contributed by atoms with Gasteiger partial charge in [0.1, 0.15) is 11.4 Å². The van der Waals surface area contributed by atoms with E-state index in [1.165, 1.54) is 0 Å². The summed E-state index contributed by atoms with van der Waals surface area (Å²) in [4.78, 5) is 0. The molecule has 3 rings (SSSR count). The lowest BCUT2D eigenvalue weighted by Crippen LogP contribution is -1.78. The van der Waals surface area contributed by atoms with E-state index >= 15 is 0 Å². The van der Waals surface area contributed by atoms with Crippen molar-refractivity contribution in [1.29, 1.82) is 0 Å². The number of H-pyrrole nitrogens is 1. The Morgan fingerprint density at radius 3 is 2.93 bits per heavy atom. The third-order valence-corrected chi connectivity index (χ3v) is 2.24. The highest BCUT2D eigenvalue weighted by Gasteiger charge is 2.11. The van der Waals surface area contributed by atoms with Gasteiger partial charge in [-0.25, -0.2) is 0 Å². The van der Waals surface area contributed by atoms with Crippen molar-refractivity contribution in [3.05, 3.63) is 30.3 Å². The van der Waals surface area contributed by atoms with Crippen LogP contribution in [0.1, 0.15) is 0 Å². The maximum absolute atomic E-state index is 5.46. The lowest BCUT2D eigenvalue weighted by molar-refractivity contribution is 0.439. The second-order valence-electron chi connectivity index (χ2n) is 3.23. The summed E-state index contributed by atoms with van der Waals surface area (Å²) in [6.45, 7) is 0. The molecule has 1 aromatic carbocycles. The molecule has 0 aliphatic carbocycles. The van der Waals surface area contributed by atoms with Crippen LogP contribution >= 0.6 is 0 Å². The largest absolute Gasteiger partial charge is 0.368 e. The quantitative estimate of drug-likeness (QED) is 0.627. The number of fused-ring (bicyclic) bond motifs is 1. The van der Waals surface area contributed by atoms with E-state index in [1.807, 2.05) is 24.3 Å². The Morgan fingerprint density at radius 1 is 1.27 bits per heavy atom. The maximum Gasteiger partial charge on any atom is 0.222 e. The van der Waals surface area contributed by atoms with Gasteiger partial charge >= 0.3 is 0 Å². The van der Waals surface area contributed by atoms with Gasteiger partial charge in [-0.3, -0.25) is 5.10 Å². The summed E-state index contributed by atoms with van der Waals surface area (Å²) in [6, 6.07) is 9.48. The van der Waals surface area contributed by atoms with Gasteiger partial charge in [0, 0.05) is 11.5 Å². The second kappa shape index (κ2) is 2.84. The molecule has 74 valence electrons. The molecular weight excluding hydrogens is 192 g/mol. The fourth-order valence-corrected chi connectivity index (χ4v) is 1.56. The van der Waals surface area contributed by atoms with Crippen LogP contribution in [-0.4, -0.2) is 15.4 Å². The average molecular weight is 200 g/mol. The minimum absolute atomic E-state index is 0.289. The van der Waals surface area contributed by atoms with E-state index in [9.17, 15) is 0 Å². The third-order valence-electron chi connectivity index (χ3n) is 2.24. The number of hydrogen-bond donors (Lipinski definition) is 2. The van der Waals surface area contributed by atoms with Crippen molar-refractivity contribution < 1.29 is 4.52 Å². The maximum atomic E-state index is 5.46. The van der Waals surface area contributed by atoms with Crippen molar-refractivity contribution >= 4 is 16.8 Å². The number of nitrogens with two attached hydrogens (primary N) is 1. The molecule has 0 fully saturated rings. The Morgan fingerprint density at radius 2 is 2.13 bits per heavy atom. The Bertz CT molecular complexity index is 610. The molecule has 2 aromatic heterocycles. The summed E-state index contributed by atoms with van der Waals surface area (Å²) in [6.07, 6.45) is 0. The molecule has 0 aliphatic heterocycles. The Labute approximate surface area is 84.9 Å². The van der Waals surface area contributed by atoms with Gasteiger partial charge in [-0.05, 0) is 6.07 Å². The van der Waals surface area contributed by atoms with Crippen LogP contribution in [-0.2, 0) is 0 Å². The van der Waals surface area contributed by atoms with Crippen LogP contribution in [0.15, 0.2) is 34.9 Å². The number of nitrogens with one attached hydrogen (secondary N) is 1. The molecule has 5 nitrogen and oxygen atoms in total. The molecule has 5 heteroatoms. The van der Waals surface area contributed by atoms with Crippen LogP contribution in [0, 0.1) is 0 Å². The Kier molecular flexibility index (Phi) is 1.53. The minimum atomic E-state index is 0.289. The summed E-state index contributed by atoms with van der Waals surface area (Å²) in [5.74, 6) is 0.289. The van der Waals surface area contributed by atoms with Crippen LogP contribution in [0.4, 0.5) is 5.88 Å². The van der Waals surface area contributed by atoms with E-state index in [-0.39, 0.29) is 5.88 Å². The molecule has 0 saturated heterocycles. The van der Waals surface area contributed by atoms with Crippen molar-refractivity contribution in [2.75, 3.05) is 5.73 Å². The zero-order valence-corrected chi connectivity index (χ0v) is 7.77. The van der Waals surface area contributed by atoms with Gasteiger partial charge in [0.25, 0.3) is 0 Å². The fraction of sp³-hybridized carbons (Fsp3) is 0. The van der Waals surface area contributed by atoms with Crippen LogP contribution in [0.2, 0.25) is 0 Å². The Hall–Kier alpha value is -2.30. The van der Waals surface area contributed by atoms with Crippen LogP contribution < -0.4 is 5.73 Å². The summed E-state index contributed by atoms with van der Waals surface area (Å²) in [5, 5.41) is 11.9. The van der Waals surface area contributed by atoms with Crippen LogP contribution in [0.3, 0.4) is 0 Å². The van der Waals surface area contributed by atoms with Gasteiger partial charge in [0.05, 0.1) is 5.52 Å². The predicted molar refractivity (Wildman–Crippen MR) is 56.0 cm³/mol. The van der Waals surface area contributed by atoms with Crippen molar-refractivity contribution in [1.82, 2.24) is 15.4 Å². The number of aromatic amines is 1. The molecule has 0 atom stereocenters.